The standard InChI is InChI=1S/C24H25FN4O3/c1-14-21(29-13-28(12-15-4-5-15)23(30)22(29)27-14)18-8-7-17(10-19(18)25)32-20-9-6-16(11-26-20)24(2,3)31/h6-11,15,31H,4-5,12-13H2,1-3H3. The van der Waals surface area contributed by atoms with Gasteiger partial charge in [-0.15, -0.1) is 0 Å². The van der Waals surface area contributed by atoms with Crippen LogP contribution in [0.15, 0.2) is 36.5 Å². The third-order valence-corrected chi connectivity index (χ3v) is 5.97. The first-order chi connectivity index (χ1) is 15.2. The van der Waals surface area contributed by atoms with Crippen molar-refractivity contribution in [3.8, 4) is 22.9 Å². The lowest BCUT2D eigenvalue weighted by atomic mass is 10.0. The van der Waals surface area contributed by atoms with Crippen molar-refractivity contribution in [3.63, 3.8) is 0 Å². The molecule has 0 atom stereocenters. The molecule has 3 aromatic rings. The number of pyridine rings is 1. The third kappa shape index (κ3) is 3.75. The van der Waals surface area contributed by atoms with Gasteiger partial charge in [-0.3, -0.25) is 4.79 Å². The summed E-state index contributed by atoms with van der Waals surface area (Å²) >= 11 is 0. The minimum Gasteiger partial charge on any atom is -0.439 e. The molecule has 1 fully saturated rings. The van der Waals surface area contributed by atoms with Crippen molar-refractivity contribution in [3.05, 3.63) is 59.4 Å². The topological polar surface area (TPSA) is 80.5 Å². The summed E-state index contributed by atoms with van der Waals surface area (Å²) in [6.45, 7) is 6.27. The van der Waals surface area contributed by atoms with Gasteiger partial charge >= 0.3 is 0 Å². The van der Waals surface area contributed by atoms with Crippen LogP contribution in [-0.4, -0.2) is 37.0 Å². The number of aromatic nitrogens is 3. The molecule has 1 N–H and O–H groups in total. The normalized spacial score (nSPS) is 15.9. The van der Waals surface area contributed by atoms with E-state index in [4.69, 9.17) is 4.74 Å². The van der Waals surface area contributed by atoms with Crippen LogP contribution in [0.3, 0.4) is 0 Å². The lowest BCUT2D eigenvalue weighted by Gasteiger charge is -2.17. The van der Waals surface area contributed by atoms with Gasteiger partial charge in [-0.1, -0.05) is 0 Å². The molecule has 1 aromatic carbocycles. The molecule has 32 heavy (non-hydrogen) atoms. The Kier molecular flexibility index (Phi) is 4.78. The van der Waals surface area contributed by atoms with Crippen LogP contribution in [0.2, 0.25) is 0 Å². The zero-order valence-corrected chi connectivity index (χ0v) is 18.3. The van der Waals surface area contributed by atoms with Crippen molar-refractivity contribution >= 4 is 5.91 Å². The number of benzene rings is 1. The summed E-state index contributed by atoms with van der Waals surface area (Å²) in [5, 5.41) is 10.0. The Morgan fingerprint density at radius 1 is 1.25 bits per heavy atom. The monoisotopic (exact) mass is 436 g/mol. The number of fused-ring (bicyclic) bond motifs is 1. The molecule has 166 valence electrons. The van der Waals surface area contributed by atoms with Crippen molar-refractivity contribution in [2.75, 3.05) is 6.54 Å². The van der Waals surface area contributed by atoms with Gasteiger partial charge in [0, 0.05) is 36.0 Å². The summed E-state index contributed by atoms with van der Waals surface area (Å²) in [5.74, 6) is 0.996. The highest BCUT2D eigenvalue weighted by atomic mass is 19.1. The number of imidazole rings is 1. The maximum absolute atomic E-state index is 15.1. The number of carbonyl (C=O) groups excluding carboxylic acids is 1. The molecule has 2 aromatic heterocycles. The molecule has 1 aliphatic carbocycles. The maximum Gasteiger partial charge on any atom is 0.291 e. The molecule has 0 bridgehead atoms. The van der Waals surface area contributed by atoms with E-state index in [0.29, 0.717) is 52.6 Å². The highest BCUT2D eigenvalue weighted by molar-refractivity contribution is 5.94. The van der Waals surface area contributed by atoms with E-state index in [1.54, 1.807) is 54.5 Å². The van der Waals surface area contributed by atoms with E-state index < -0.39 is 11.4 Å². The summed E-state index contributed by atoms with van der Waals surface area (Å²) < 4.78 is 22.6. The van der Waals surface area contributed by atoms with E-state index in [-0.39, 0.29) is 5.91 Å². The Morgan fingerprint density at radius 2 is 2.03 bits per heavy atom. The molecule has 7 nitrogen and oxygen atoms in total. The first-order valence-electron chi connectivity index (χ1n) is 10.7. The number of aliphatic hydroxyl groups is 1. The molecule has 0 spiro atoms. The van der Waals surface area contributed by atoms with Crippen LogP contribution in [0.4, 0.5) is 4.39 Å². The summed E-state index contributed by atoms with van der Waals surface area (Å²) in [6.07, 6.45) is 3.84. The summed E-state index contributed by atoms with van der Waals surface area (Å²) in [4.78, 5) is 23.1. The number of ether oxygens (including phenoxy) is 1. The number of hydrogen-bond acceptors (Lipinski definition) is 5. The largest absolute Gasteiger partial charge is 0.439 e. The molecule has 0 radical (unpaired) electrons. The van der Waals surface area contributed by atoms with Crippen LogP contribution in [-0.2, 0) is 12.3 Å². The molecule has 0 saturated heterocycles. The Bertz CT molecular complexity index is 1190. The number of rotatable bonds is 6. The molecule has 0 unspecified atom stereocenters. The van der Waals surface area contributed by atoms with Gasteiger partial charge in [-0.25, -0.2) is 14.4 Å². The quantitative estimate of drug-likeness (QED) is 0.625. The van der Waals surface area contributed by atoms with Crippen LogP contribution < -0.4 is 4.74 Å². The van der Waals surface area contributed by atoms with Gasteiger partial charge in [0.05, 0.1) is 23.7 Å². The van der Waals surface area contributed by atoms with E-state index in [0.717, 1.165) is 19.4 Å². The van der Waals surface area contributed by atoms with Gasteiger partial charge in [0.1, 0.15) is 11.6 Å². The zero-order chi connectivity index (χ0) is 22.6. The van der Waals surface area contributed by atoms with Crippen LogP contribution in [0.25, 0.3) is 11.3 Å². The first kappa shape index (κ1) is 20.6. The molecule has 1 aliphatic heterocycles. The molecule has 3 heterocycles. The van der Waals surface area contributed by atoms with Crippen LogP contribution in [0, 0.1) is 18.7 Å². The Morgan fingerprint density at radius 3 is 2.66 bits per heavy atom. The van der Waals surface area contributed by atoms with Crippen LogP contribution in [0.1, 0.15) is 48.6 Å². The SMILES string of the molecule is Cc1nc2n(c1-c1ccc(Oc3ccc(C(C)(C)O)cn3)cc1F)CN(CC1CC1)C2=O. The minimum absolute atomic E-state index is 0.0906. The molecule has 2 aliphatic rings. The molecule has 5 rings (SSSR count). The molecule has 1 saturated carbocycles. The van der Waals surface area contributed by atoms with Gasteiger partial charge in [0.2, 0.25) is 11.7 Å². The highest BCUT2D eigenvalue weighted by Crippen LogP contribution is 2.36. The van der Waals surface area contributed by atoms with E-state index in [9.17, 15) is 9.90 Å². The summed E-state index contributed by atoms with van der Waals surface area (Å²) in [5.41, 5.74) is 1.26. The van der Waals surface area contributed by atoms with E-state index in [1.165, 1.54) is 12.3 Å². The second kappa shape index (κ2) is 7.41. The van der Waals surface area contributed by atoms with E-state index in [1.807, 2.05) is 0 Å². The number of nitrogens with zero attached hydrogens (tertiary/aromatic N) is 4. The fourth-order valence-electron chi connectivity index (χ4n) is 4.02. The smallest absolute Gasteiger partial charge is 0.291 e. The fraction of sp³-hybridized carbons (Fsp3) is 0.375. The Labute approximate surface area is 185 Å². The van der Waals surface area contributed by atoms with Gasteiger partial charge < -0.3 is 19.3 Å². The van der Waals surface area contributed by atoms with Crippen molar-refractivity contribution in [1.82, 2.24) is 19.4 Å². The number of aryl methyl sites for hydroxylation is 1. The van der Waals surface area contributed by atoms with E-state index in [2.05, 4.69) is 9.97 Å². The van der Waals surface area contributed by atoms with Crippen molar-refractivity contribution < 1.29 is 19.0 Å². The zero-order valence-electron chi connectivity index (χ0n) is 18.3. The van der Waals surface area contributed by atoms with Crippen LogP contribution >= 0.6 is 0 Å². The third-order valence-electron chi connectivity index (χ3n) is 5.97. The number of hydrogen-bond donors (Lipinski definition) is 1. The van der Waals surface area contributed by atoms with Gasteiger partial charge in [-0.2, -0.15) is 0 Å². The average Bonchev–Trinajstić information content (AvgIpc) is 3.43. The fourth-order valence-corrected chi connectivity index (χ4v) is 4.02. The maximum atomic E-state index is 15.1. The van der Waals surface area contributed by atoms with E-state index >= 15 is 4.39 Å². The van der Waals surface area contributed by atoms with Crippen LogP contribution in [0.5, 0.6) is 11.6 Å². The number of carbonyl (C=O) groups is 1. The second-order valence-corrected chi connectivity index (χ2v) is 9.10. The lowest BCUT2D eigenvalue weighted by molar-refractivity contribution is 0.0756. The lowest BCUT2D eigenvalue weighted by Crippen LogP contribution is -2.27. The number of halogens is 1. The average molecular weight is 436 g/mol. The van der Waals surface area contributed by atoms with Crippen molar-refractivity contribution in [2.45, 2.75) is 45.9 Å². The second-order valence-electron chi connectivity index (χ2n) is 9.10. The molecular formula is C24H25FN4O3. The van der Waals surface area contributed by atoms with Crippen molar-refractivity contribution in [1.29, 1.82) is 0 Å². The van der Waals surface area contributed by atoms with Gasteiger partial charge in [0.25, 0.3) is 5.91 Å². The summed E-state index contributed by atoms with van der Waals surface area (Å²) in [7, 11) is 0. The van der Waals surface area contributed by atoms with Gasteiger partial charge in [-0.05, 0) is 57.7 Å². The first-order valence-corrected chi connectivity index (χ1v) is 10.7. The Balaban J connectivity index is 1.39. The Hall–Kier alpha value is -3.26. The predicted octanol–water partition coefficient (Wildman–Crippen LogP) is 4.24. The molecule has 8 heteroatoms. The predicted molar refractivity (Wildman–Crippen MR) is 116 cm³/mol. The molecule has 1 amide bonds. The van der Waals surface area contributed by atoms with Gasteiger partial charge in [0.15, 0.2) is 0 Å². The molecular weight excluding hydrogens is 411 g/mol. The minimum atomic E-state index is -1.00. The highest BCUT2D eigenvalue weighted by Gasteiger charge is 2.36. The number of amides is 1. The van der Waals surface area contributed by atoms with Crippen molar-refractivity contribution in [2.24, 2.45) is 5.92 Å². The summed E-state index contributed by atoms with van der Waals surface area (Å²) in [6, 6.07) is 7.96.